The largest absolute Gasteiger partial charge is 0.484 e. The molecule has 1 aromatic carbocycles. The molecule has 102 valence electrons. The van der Waals surface area contributed by atoms with E-state index in [1.165, 1.54) is 23.0 Å². The fourth-order valence-corrected chi connectivity index (χ4v) is 1.49. The minimum Gasteiger partial charge on any atom is -0.484 e. The molecule has 19 heavy (non-hydrogen) atoms. The van der Waals surface area contributed by atoms with Crippen molar-refractivity contribution >= 4 is 0 Å². The zero-order valence-electron chi connectivity index (χ0n) is 9.78. The molecule has 1 heterocycles. The molecule has 0 saturated carbocycles. The van der Waals surface area contributed by atoms with Crippen molar-refractivity contribution in [1.82, 2.24) is 15.0 Å². The van der Waals surface area contributed by atoms with Gasteiger partial charge >= 0.3 is 6.18 Å². The molecular weight excluding hydrogens is 266 g/mol. The van der Waals surface area contributed by atoms with Crippen LogP contribution in [0.1, 0.15) is 0 Å². The highest BCUT2D eigenvalue weighted by Crippen LogP contribution is 2.26. The molecule has 0 N–H and O–H groups in total. The Bertz CT molecular complexity index is 580. The van der Waals surface area contributed by atoms with Gasteiger partial charge in [-0.25, -0.2) is 9.07 Å². The number of aromatic nitrogens is 3. The third-order valence-corrected chi connectivity index (χ3v) is 2.33. The highest BCUT2D eigenvalue weighted by atomic mass is 19.4. The number of hydrogen-bond acceptors (Lipinski definition) is 3. The molecule has 4 nitrogen and oxygen atoms in total. The van der Waals surface area contributed by atoms with E-state index in [2.05, 4.69) is 15.0 Å². The summed E-state index contributed by atoms with van der Waals surface area (Å²) in [6.45, 7) is -1.46. The van der Waals surface area contributed by atoms with E-state index in [1.54, 1.807) is 7.05 Å². The van der Waals surface area contributed by atoms with Crippen molar-refractivity contribution in [3.63, 3.8) is 0 Å². The van der Waals surface area contributed by atoms with Gasteiger partial charge in [-0.15, -0.1) is 5.10 Å². The van der Waals surface area contributed by atoms with Crippen molar-refractivity contribution in [2.24, 2.45) is 7.05 Å². The van der Waals surface area contributed by atoms with Crippen LogP contribution >= 0.6 is 0 Å². The average molecular weight is 275 g/mol. The summed E-state index contributed by atoms with van der Waals surface area (Å²) in [6, 6.07) is 3.48. The van der Waals surface area contributed by atoms with Crippen LogP contribution in [0.3, 0.4) is 0 Å². The summed E-state index contributed by atoms with van der Waals surface area (Å²) in [5, 5.41) is 7.24. The Morgan fingerprint density at radius 3 is 2.58 bits per heavy atom. The lowest BCUT2D eigenvalue weighted by Gasteiger charge is -2.10. The number of ether oxygens (including phenoxy) is 1. The highest BCUT2D eigenvalue weighted by molar-refractivity contribution is 5.60. The predicted octanol–water partition coefficient (Wildman–Crippen LogP) is 2.56. The lowest BCUT2D eigenvalue weighted by Crippen LogP contribution is -2.19. The van der Waals surface area contributed by atoms with Crippen molar-refractivity contribution in [2.45, 2.75) is 6.18 Å². The van der Waals surface area contributed by atoms with E-state index in [4.69, 9.17) is 0 Å². The second-order valence-corrected chi connectivity index (χ2v) is 3.79. The quantitative estimate of drug-likeness (QED) is 0.808. The van der Waals surface area contributed by atoms with E-state index < -0.39 is 18.6 Å². The molecule has 2 aromatic rings. The Hall–Kier alpha value is -2.12. The number of benzene rings is 1. The molecule has 0 aliphatic rings. The monoisotopic (exact) mass is 275 g/mol. The molecule has 0 fully saturated rings. The van der Waals surface area contributed by atoms with Crippen LogP contribution < -0.4 is 4.74 Å². The van der Waals surface area contributed by atoms with E-state index in [9.17, 15) is 17.6 Å². The number of halogens is 4. The molecule has 0 atom stereocenters. The van der Waals surface area contributed by atoms with Crippen LogP contribution in [-0.4, -0.2) is 27.8 Å². The standard InChI is InChI=1S/C11H9F4N3O/c1-18-10(5-16-17-18)8-3-2-7(4-9(8)12)19-6-11(13,14)15/h2-5H,6H2,1H3. The maximum atomic E-state index is 13.8. The Kier molecular flexibility index (Phi) is 3.41. The third kappa shape index (κ3) is 3.21. The zero-order chi connectivity index (χ0) is 14.0. The van der Waals surface area contributed by atoms with Crippen LogP contribution in [-0.2, 0) is 7.05 Å². The molecule has 0 amide bonds. The van der Waals surface area contributed by atoms with E-state index in [-0.39, 0.29) is 11.3 Å². The smallest absolute Gasteiger partial charge is 0.422 e. The number of hydrogen-bond donors (Lipinski definition) is 0. The molecule has 2 rings (SSSR count). The van der Waals surface area contributed by atoms with E-state index in [0.29, 0.717) is 5.69 Å². The molecule has 0 saturated heterocycles. The summed E-state index contributed by atoms with van der Waals surface area (Å²) in [5.74, 6) is -0.890. The summed E-state index contributed by atoms with van der Waals surface area (Å²) >= 11 is 0. The van der Waals surface area contributed by atoms with Gasteiger partial charge in [-0.1, -0.05) is 5.21 Å². The maximum absolute atomic E-state index is 13.8. The van der Waals surface area contributed by atoms with Crippen LogP contribution in [0.5, 0.6) is 5.75 Å². The van der Waals surface area contributed by atoms with Gasteiger partial charge in [-0.3, -0.25) is 0 Å². The Labute approximate surface area is 105 Å². The second kappa shape index (κ2) is 4.87. The van der Waals surface area contributed by atoms with Crippen LogP contribution in [0.25, 0.3) is 11.3 Å². The Morgan fingerprint density at radius 2 is 2.05 bits per heavy atom. The summed E-state index contributed by atoms with van der Waals surface area (Å²) in [7, 11) is 1.58. The molecule has 0 radical (unpaired) electrons. The van der Waals surface area contributed by atoms with E-state index in [0.717, 1.165) is 6.07 Å². The van der Waals surface area contributed by atoms with Gasteiger partial charge in [0.25, 0.3) is 0 Å². The van der Waals surface area contributed by atoms with Crippen LogP contribution in [0.4, 0.5) is 17.6 Å². The van der Waals surface area contributed by atoms with Gasteiger partial charge in [-0.2, -0.15) is 13.2 Å². The lowest BCUT2D eigenvalue weighted by atomic mass is 10.1. The van der Waals surface area contributed by atoms with Gasteiger partial charge < -0.3 is 4.74 Å². The van der Waals surface area contributed by atoms with E-state index >= 15 is 0 Å². The average Bonchev–Trinajstić information content (AvgIpc) is 2.72. The number of aryl methyl sites for hydroxylation is 1. The van der Waals surface area contributed by atoms with Crippen LogP contribution in [0, 0.1) is 5.82 Å². The van der Waals surface area contributed by atoms with Gasteiger partial charge in [0, 0.05) is 18.7 Å². The van der Waals surface area contributed by atoms with Gasteiger partial charge in [0.2, 0.25) is 0 Å². The molecular formula is C11H9F4N3O. The molecule has 0 aliphatic heterocycles. The highest BCUT2D eigenvalue weighted by Gasteiger charge is 2.28. The first kappa shape index (κ1) is 13.3. The fourth-order valence-electron chi connectivity index (χ4n) is 1.49. The van der Waals surface area contributed by atoms with Crippen molar-refractivity contribution < 1.29 is 22.3 Å². The number of nitrogens with zero attached hydrogens (tertiary/aromatic N) is 3. The molecule has 0 unspecified atom stereocenters. The van der Waals surface area contributed by atoms with Gasteiger partial charge in [0.15, 0.2) is 6.61 Å². The molecule has 1 aromatic heterocycles. The summed E-state index contributed by atoms with van der Waals surface area (Å²) in [5.41, 5.74) is 0.603. The number of alkyl halides is 3. The minimum atomic E-state index is -4.46. The minimum absolute atomic E-state index is 0.186. The molecule has 0 spiro atoms. The van der Waals surface area contributed by atoms with Crippen LogP contribution in [0.15, 0.2) is 24.4 Å². The second-order valence-electron chi connectivity index (χ2n) is 3.79. The Balaban J connectivity index is 2.21. The fraction of sp³-hybridized carbons (Fsp3) is 0.273. The van der Waals surface area contributed by atoms with Gasteiger partial charge in [0.05, 0.1) is 11.9 Å². The summed E-state index contributed by atoms with van der Waals surface area (Å²) in [4.78, 5) is 0. The molecule has 8 heteroatoms. The normalized spacial score (nSPS) is 11.6. The van der Waals surface area contributed by atoms with Gasteiger partial charge in [-0.05, 0) is 12.1 Å². The first-order valence-corrected chi connectivity index (χ1v) is 5.21. The van der Waals surface area contributed by atoms with Crippen molar-refractivity contribution in [1.29, 1.82) is 0 Å². The Morgan fingerprint density at radius 1 is 1.32 bits per heavy atom. The van der Waals surface area contributed by atoms with E-state index in [1.807, 2.05) is 0 Å². The van der Waals surface area contributed by atoms with Gasteiger partial charge in [0.1, 0.15) is 11.6 Å². The zero-order valence-corrected chi connectivity index (χ0v) is 9.78. The van der Waals surface area contributed by atoms with Crippen LogP contribution in [0.2, 0.25) is 0 Å². The summed E-state index contributed by atoms with van der Waals surface area (Å²) < 4.78 is 55.5. The SMILES string of the molecule is Cn1nncc1-c1ccc(OCC(F)(F)F)cc1F. The predicted molar refractivity (Wildman–Crippen MR) is 57.9 cm³/mol. The number of rotatable bonds is 3. The first-order valence-electron chi connectivity index (χ1n) is 5.21. The molecule has 0 aliphatic carbocycles. The van der Waals surface area contributed by atoms with Crippen molar-refractivity contribution in [2.75, 3.05) is 6.61 Å². The lowest BCUT2D eigenvalue weighted by molar-refractivity contribution is -0.153. The topological polar surface area (TPSA) is 39.9 Å². The maximum Gasteiger partial charge on any atom is 0.422 e. The molecule has 0 bridgehead atoms. The summed E-state index contributed by atoms with van der Waals surface area (Å²) in [6.07, 6.45) is -3.10. The third-order valence-electron chi connectivity index (χ3n) is 2.33. The van der Waals surface area contributed by atoms with Crippen molar-refractivity contribution in [3.8, 4) is 17.0 Å². The first-order chi connectivity index (χ1) is 8.87. The van der Waals surface area contributed by atoms with Crippen molar-refractivity contribution in [3.05, 3.63) is 30.2 Å².